The number of carbonyl (C=O) groups excluding carboxylic acids is 2. The number of aromatic carboxylic acids is 2. The lowest BCUT2D eigenvalue weighted by Crippen LogP contribution is -2.48. The van der Waals surface area contributed by atoms with Crippen molar-refractivity contribution in [2.75, 3.05) is 26.2 Å². The van der Waals surface area contributed by atoms with Gasteiger partial charge >= 0.3 is 23.9 Å². The summed E-state index contributed by atoms with van der Waals surface area (Å²) in [6.45, 7) is 3.28. The molecule has 1 aromatic rings. The second-order valence-corrected chi connectivity index (χ2v) is 8.28. The van der Waals surface area contributed by atoms with Crippen LogP contribution in [0.25, 0.3) is 0 Å². The molecule has 3 saturated heterocycles. The number of rotatable bonds is 4. The molecule has 1 aromatic carbocycles. The van der Waals surface area contributed by atoms with Gasteiger partial charge in [0.25, 0.3) is 0 Å². The Labute approximate surface area is 202 Å². The van der Waals surface area contributed by atoms with Gasteiger partial charge in [0.1, 0.15) is 6.04 Å². The zero-order valence-corrected chi connectivity index (χ0v) is 19.4. The van der Waals surface area contributed by atoms with E-state index in [4.69, 9.17) is 15.3 Å². The third-order valence-corrected chi connectivity index (χ3v) is 5.75. The summed E-state index contributed by atoms with van der Waals surface area (Å²) >= 11 is 0. The van der Waals surface area contributed by atoms with Crippen LogP contribution in [0.2, 0.25) is 0 Å². The van der Waals surface area contributed by atoms with Gasteiger partial charge in [-0.25, -0.2) is 14.4 Å². The summed E-state index contributed by atoms with van der Waals surface area (Å²) in [6.07, 6.45) is 5.72. The Hall–Kier alpha value is -3.51. The van der Waals surface area contributed by atoms with Crippen LogP contribution in [0.15, 0.2) is 24.3 Å². The van der Waals surface area contributed by atoms with Gasteiger partial charge < -0.3 is 30.9 Å². The van der Waals surface area contributed by atoms with E-state index < -0.39 is 17.9 Å². The lowest BCUT2D eigenvalue weighted by molar-refractivity contribution is -0.139. The molecule has 35 heavy (non-hydrogen) atoms. The average Bonchev–Trinajstić information content (AvgIpc) is 3.62. The molecule has 3 heterocycles. The predicted molar refractivity (Wildman–Crippen MR) is 124 cm³/mol. The van der Waals surface area contributed by atoms with E-state index in [0.717, 1.165) is 64.7 Å². The Bertz CT molecular complexity index is 846. The fourth-order valence-corrected chi connectivity index (χ4v) is 3.85. The molecule has 3 fully saturated rings. The van der Waals surface area contributed by atoms with Gasteiger partial charge in [-0.3, -0.25) is 14.9 Å². The molecular weight excluding hydrogens is 460 g/mol. The van der Waals surface area contributed by atoms with Gasteiger partial charge in [0.05, 0.1) is 17.2 Å². The minimum absolute atomic E-state index is 0.170. The van der Waals surface area contributed by atoms with E-state index in [9.17, 15) is 24.0 Å². The lowest BCUT2D eigenvalue weighted by Gasteiger charge is -2.17. The van der Waals surface area contributed by atoms with E-state index >= 15 is 0 Å². The van der Waals surface area contributed by atoms with Gasteiger partial charge in [0, 0.05) is 13.1 Å². The van der Waals surface area contributed by atoms with E-state index in [2.05, 4.69) is 16.0 Å². The molecule has 0 radical (unpaired) electrons. The molecule has 0 saturated carbocycles. The summed E-state index contributed by atoms with van der Waals surface area (Å²) < 4.78 is 0. The van der Waals surface area contributed by atoms with Gasteiger partial charge in [0.2, 0.25) is 5.91 Å². The number of urea groups is 1. The maximum absolute atomic E-state index is 11.6. The standard InChI is InChI=1S/C10H17N3O2.C8H6O4.C5H9NO2/c14-9(8-4-3-5-11-8)12-10(15)13-6-1-2-7-13;9-7(10)5-3-1-2-4-6(5)8(11)12;7-5(8)4-2-1-3-6-4/h8,11H,1-7H2,(H,12,14,15);1-4H,(H,9,10)(H,11,12);4,6H,1-3H2,(H,7,8)/t8-;;4-/m0.0/s1. The van der Waals surface area contributed by atoms with Crippen LogP contribution in [0.4, 0.5) is 4.79 Å². The minimum atomic E-state index is -1.23. The number of hydrogen-bond acceptors (Lipinski definition) is 7. The molecular formula is C23H32N4O8. The van der Waals surface area contributed by atoms with Crippen molar-refractivity contribution in [3.05, 3.63) is 35.4 Å². The second kappa shape index (κ2) is 14.0. The minimum Gasteiger partial charge on any atom is -0.480 e. The molecule has 3 amide bonds. The van der Waals surface area contributed by atoms with Gasteiger partial charge in [-0.15, -0.1) is 0 Å². The van der Waals surface area contributed by atoms with Crippen LogP contribution in [0, 0.1) is 0 Å². The molecule has 0 aliphatic carbocycles. The zero-order chi connectivity index (χ0) is 25.8. The molecule has 3 aliphatic rings. The molecule has 12 nitrogen and oxygen atoms in total. The number of benzene rings is 1. The summed E-state index contributed by atoms with van der Waals surface area (Å²) in [6, 6.07) is 4.81. The third kappa shape index (κ3) is 8.98. The highest BCUT2D eigenvalue weighted by Gasteiger charge is 2.26. The molecule has 3 aliphatic heterocycles. The van der Waals surface area contributed by atoms with Crippen molar-refractivity contribution in [3.8, 4) is 0 Å². The highest BCUT2D eigenvalue weighted by atomic mass is 16.4. The van der Waals surface area contributed by atoms with Crippen LogP contribution in [0.3, 0.4) is 0 Å². The van der Waals surface area contributed by atoms with Gasteiger partial charge in [-0.1, -0.05) is 12.1 Å². The number of hydrogen-bond donors (Lipinski definition) is 6. The molecule has 6 N–H and O–H groups in total. The molecule has 0 aromatic heterocycles. The van der Waals surface area contributed by atoms with Crippen molar-refractivity contribution in [1.29, 1.82) is 0 Å². The SMILES string of the molecule is O=C(NC(=O)N1CCCC1)[C@@H]1CCCN1.O=C(O)[C@@H]1CCCN1.O=C(O)c1ccccc1C(=O)O. The average molecular weight is 493 g/mol. The van der Waals surface area contributed by atoms with Crippen molar-refractivity contribution in [3.63, 3.8) is 0 Å². The fourth-order valence-electron chi connectivity index (χ4n) is 3.85. The van der Waals surface area contributed by atoms with Gasteiger partial charge in [0.15, 0.2) is 0 Å². The number of carboxylic acid groups (broad SMARTS) is 3. The normalized spacial score (nSPS) is 20.6. The largest absolute Gasteiger partial charge is 0.480 e. The molecule has 192 valence electrons. The molecule has 4 rings (SSSR count). The van der Waals surface area contributed by atoms with Crippen molar-refractivity contribution in [2.45, 2.75) is 50.6 Å². The Kier molecular flexibility index (Phi) is 11.1. The first-order valence-corrected chi connectivity index (χ1v) is 11.6. The topological polar surface area (TPSA) is 185 Å². The number of nitrogens with zero attached hydrogens (tertiary/aromatic N) is 1. The molecule has 12 heteroatoms. The molecule has 0 spiro atoms. The monoisotopic (exact) mass is 492 g/mol. The first kappa shape index (κ1) is 27.7. The number of imide groups is 1. The summed E-state index contributed by atoms with van der Waals surface area (Å²) in [5.41, 5.74) is -0.380. The number of likely N-dealkylation sites (tertiary alicyclic amines) is 1. The third-order valence-electron chi connectivity index (χ3n) is 5.75. The van der Waals surface area contributed by atoms with Crippen LogP contribution in [0.5, 0.6) is 0 Å². The first-order valence-electron chi connectivity index (χ1n) is 11.6. The number of aliphatic carboxylic acids is 1. The number of carbonyl (C=O) groups is 5. The highest BCUT2D eigenvalue weighted by Crippen LogP contribution is 2.09. The lowest BCUT2D eigenvalue weighted by atomic mass is 10.1. The smallest absolute Gasteiger partial charge is 0.336 e. The summed E-state index contributed by atoms with van der Waals surface area (Å²) in [5.74, 6) is -3.35. The van der Waals surface area contributed by atoms with Crippen LogP contribution in [0.1, 0.15) is 59.2 Å². The maximum atomic E-state index is 11.6. The summed E-state index contributed by atoms with van der Waals surface area (Å²) in [5, 5.41) is 33.8. The van der Waals surface area contributed by atoms with Crippen molar-refractivity contribution < 1.29 is 39.3 Å². The zero-order valence-electron chi connectivity index (χ0n) is 19.4. The van der Waals surface area contributed by atoms with E-state index in [1.165, 1.54) is 24.3 Å². The Morgan fingerprint density at radius 3 is 1.63 bits per heavy atom. The Morgan fingerprint density at radius 1 is 0.771 bits per heavy atom. The Balaban J connectivity index is 0.000000194. The molecule has 0 unspecified atom stereocenters. The number of amides is 3. The van der Waals surface area contributed by atoms with E-state index in [-0.39, 0.29) is 35.1 Å². The van der Waals surface area contributed by atoms with Crippen molar-refractivity contribution >= 4 is 29.8 Å². The number of nitrogens with one attached hydrogen (secondary N) is 3. The predicted octanol–water partition coefficient (Wildman–Crippen LogP) is 0.976. The quantitative estimate of drug-likeness (QED) is 0.354. The first-order chi connectivity index (χ1) is 16.7. The molecule has 0 bridgehead atoms. The van der Waals surface area contributed by atoms with E-state index in [0.29, 0.717) is 0 Å². The van der Waals surface area contributed by atoms with Crippen LogP contribution in [-0.2, 0) is 9.59 Å². The summed E-state index contributed by atoms with van der Waals surface area (Å²) in [4.78, 5) is 55.9. The van der Waals surface area contributed by atoms with Crippen LogP contribution < -0.4 is 16.0 Å². The van der Waals surface area contributed by atoms with Crippen LogP contribution in [-0.4, -0.2) is 88.3 Å². The van der Waals surface area contributed by atoms with E-state index in [1.807, 2.05) is 0 Å². The highest BCUT2D eigenvalue weighted by molar-refractivity contribution is 6.01. The van der Waals surface area contributed by atoms with Gasteiger partial charge in [-0.05, 0) is 63.7 Å². The molecule has 2 atom stereocenters. The van der Waals surface area contributed by atoms with Crippen LogP contribution >= 0.6 is 0 Å². The van der Waals surface area contributed by atoms with Crippen molar-refractivity contribution in [2.24, 2.45) is 0 Å². The van der Waals surface area contributed by atoms with E-state index in [1.54, 1.807) is 4.90 Å². The second-order valence-electron chi connectivity index (χ2n) is 8.28. The number of carboxylic acids is 3. The van der Waals surface area contributed by atoms with Gasteiger partial charge in [-0.2, -0.15) is 0 Å². The Morgan fingerprint density at radius 2 is 1.26 bits per heavy atom. The van der Waals surface area contributed by atoms with Crippen molar-refractivity contribution in [1.82, 2.24) is 20.9 Å². The maximum Gasteiger partial charge on any atom is 0.336 e. The summed E-state index contributed by atoms with van der Waals surface area (Å²) in [7, 11) is 0. The fraction of sp³-hybridized carbons (Fsp3) is 0.522.